The maximum atomic E-state index is 8.90. The lowest BCUT2D eigenvalue weighted by molar-refractivity contribution is 0.137. The van der Waals surface area contributed by atoms with Crippen LogP contribution in [0.15, 0.2) is 36.9 Å². The molecule has 0 aliphatic rings. The number of rotatable bonds is 2. The van der Waals surface area contributed by atoms with Crippen LogP contribution < -0.4 is 0 Å². The van der Waals surface area contributed by atoms with Crippen LogP contribution >= 0.6 is 0 Å². The minimum atomic E-state index is -1.83. The summed E-state index contributed by atoms with van der Waals surface area (Å²) in [6, 6.07) is 7.13. The molecular formula is C10H12O4. The molecule has 14 heavy (non-hydrogen) atoms. The summed E-state index contributed by atoms with van der Waals surface area (Å²) in [7, 11) is 0. The predicted octanol–water partition coefficient (Wildman–Crippen LogP) is 2.34. The second-order valence-electron chi connectivity index (χ2n) is 2.44. The van der Waals surface area contributed by atoms with E-state index >= 15 is 0 Å². The van der Waals surface area contributed by atoms with Gasteiger partial charge in [-0.2, -0.15) is 0 Å². The zero-order valence-corrected chi connectivity index (χ0v) is 7.55. The van der Waals surface area contributed by atoms with E-state index in [-0.39, 0.29) is 0 Å². The van der Waals surface area contributed by atoms with Crippen LogP contribution in [0.5, 0.6) is 5.75 Å². The Morgan fingerprint density at radius 3 is 2.07 bits per heavy atom. The number of hydrogen-bond acceptors (Lipinski definition) is 2. The summed E-state index contributed by atoms with van der Waals surface area (Å²) in [6.45, 7) is 3.62. The quantitative estimate of drug-likeness (QED) is 0.634. The van der Waals surface area contributed by atoms with Crippen molar-refractivity contribution in [2.75, 3.05) is 0 Å². The smallest absolute Gasteiger partial charge is 0.503 e. The van der Waals surface area contributed by atoms with Crippen molar-refractivity contribution in [2.45, 2.75) is 6.42 Å². The summed E-state index contributed by atoms with van der Waals surface area (Å²) in [5.74, 6) is 0.313. The normalized spacial score (nSPS) is 8.29. The predicted molar refractivity (Wildman–Crippen MR) is 52.7 cm³/mol. The van der Waals surface area contributed by atoms with E-state index < -0.39 is 6.16 Å². The van der Waals surface area contributed by atoms with Gasteiger partial charge in [0.05, 0.1) is 0 Å². The molecule has 0 saturated carbocycles. The molecule has 0 aliphatic carbocycles. The van der Waals surface area contributed by atoms with E-state index in [2.05, 4.69) is 6.58 Å². The van der Waals surface area contributed by atoms with Gasteiger partial charge in [0.1, 0.15) is 5.75 Å². The van der Waals surface area contributed by atoms with E-state index in [1.807, 2.05) is 18.2 Å². The molecular weight excluding hydrogens is 184 g/mol. The largest absolute Gasteiger partial charge is 0.508 e. The van der Waals surface area contributed by atoms with Gasteiger partial charge >= 0.3 is 6.16 Å². The van der Waals surface area contributed by atoms with Crippen molar-refractivity contribution in [1.82, 2.24) is 0 Å². The van der Waals surface area contributed by atoms with E-state index in [1.54, 1.807) is 12.1 Å². The van der Waals surface area contributed by atoms with Gasteiger partial charge in [0.25, 0.3) is 0 Å². The van der Waals surface area contributed by atoms with Crippen molar-refractivity contribution >= 4 is 6.16 Å². The fourth-order valence-electron chi connectivity index (χ4n) is 0.799. The maximum Gasteiger partial charge on any atom is 0.503 e. The first-order chi connectivity index (χ1) is 6.56. The van der Waals surface area contributed by atoms with Crippen LogP contribution in [-0.4, -0.2) is 21.5 Å². The lowest BCUT2D eigenvalue weighted by Gasteiger charge is -1.94. The highest BCUT2D eigenvalue weighted by Crippen LogP contribution is 2.09. The highest BCUT2D eigenvalue weighted by atomic mass is 16.6. The second-order valence-corrected chi connectivity index (χ2v) is 2.44. The Morgan fingerprint density at radius 1 is 1.29 bits per heavy atom. The van der Waals surface area contributed by atoms with E-state index in [9.17, 15) is 0 Å². The average Bonchev–Trinajstić information content (AvgIpc) is 2.08. The Kier molecular flexibility index (Phi) is 5.62. The van der Waals surface area contributed by atoms with Crippen LogP contribution in [0.1, 0.15) is 5.56 Å². The summed E-state index contributed by atoms with van der Waals surface area (Å²) in [6.07, 6.45) is 0.868. The highest BCUT2D eigenvalue weighted by Gasteiger charge is 1.87. The van der Waals surface area contributed by atoms with Gasteiger partial charge in [-0.1, -0.05) is 18.2 Å². The molecule has 0 aliphatic heterocycles. The van der Waals surface area contributed by atoms with Crippen molar-refractivity contribution in [3.05, 3.63) is 42.5 Å². The van der Waals surface area contributed by atoms with Crippen LogP contribution in [0, 0.1) is 0 Å². The van der Waals surface area contributed by atoms with Crippen LogP contribution in [0.3, 0.4) is 0 Å². The number of phenolic OH excluding ortho intramolecular Hbond substituents is 1. The fraction of sp³-hybridized carbons (Fsp3) is 0.100. The zero-order chi connectivity index (χ0) is 11.0. The molecule has 0 spiro atoms. The third-order valence-corrected chi connectivity index (χ3v) is 1.32. The van der Waals surface area contributed by atoms with Crippen LogP contribution in [0.25, 0.3) is 0 Å². The topological polar surface area (TPSA) is 77.8 Å². The lowest BCUT2D eigenvalue weighted by atomic mass is 10.1. The van der Waals surface area contributed by atoms with Crippen LogP contribution in [0.4, 0.5) is 4.79 Å². The van der Waals surface area contributed by atoms with Gasteiger partial charge < -0.3 is 15.3 Å². The van der Waals surface area contributed by atoms with Crippen LogP contribution in [-0.2, 0) is 6.42 Å². The number of hydrogen-bond donors (Lipinski definition) is 3. The van der Waals surface area contributed by atoms with E-state index in [0.29, 0.717) is 5.75 Å². The second kappa shape index (κ2) is 6.54. The Balaban J connectivity index is 0.000000364. The molecule has 4 heteroatoms. The Labute approximate surface area is 81.8 Å². The Hall–Kier alpha value is -1.97. The molecule has 0 bridgehead atoms. The first-order valence-corrected chi connectivity index (χ1v) is 3.87. The van der Waals surface area contributed by atoms with Gasteiger partial charge in [-0.3, -0.25) is 0 Å². The van der Waals surface area contributed by atoms with Gasteiger partial charge in [0.2, 0.25) is 0 Å². The summed E-state index contributed by atoms with van der Waals surface area (Å²) in [5.41, 5.74) is 1.17. The maximum absolute atomic E-state index is 8.90. The number of carboxylic acid groups (broad SMARTS) is 2. The molecule has 76 valence electrons. The summed E-state index contributed by atoms with van der Waals surface area (Å²) >= 11 is 0. The SMILES string of the molecule is C=CCc1ccc(O)cc1.O=C(O)O. The molecule has 0 amide bonds. The molecule has 0 aromatic heterocycles. The van der Waals surface area contributed by atoms with Gasteiger partial charge in [-0.05, 0) is 24.1 Å². The molecule has 1 rings (SSSR count). The molecule has 0 fully saturated rings. The first-order valence-electron chi connectivity index (χ1n) is 3.87. The Bertz CT molecular complexity index is 285. The summed E-state index contributed by atoms with van der Waals surface area (Å²) in [4.78, 5) is 8.56. The lowest BCUT2D eigenvalue weighted by Crippen LogP contribution is -1.81. The first kappa shape index (κ1) is 12.0. The van der Waals surface area contributed by atoms with E-state index in [0.717, 1.165) is 6.42 Å². The Morgan fingerprint density at radius 2 is 1.71 bits per heavy atom. The molecule has 1 aromatic carbocycles. The molecule has 0 heterocycles. The number of benzene rings is 1. The summed E-state index contributed by atoms with van der Waals surface area (Å²) < 4.78 is 0. The van der Waals surface area contributed by atoms with Gasteiger partial charge in [0, 0.05) is 0 Å². The minimum Gasteiger partial charge on any atom is -0.508 e. The third kappa shape index (κ3) is 6.72. The molecule has 0 unspecified atom stereocenters. The minimum absolute atomic E-state index is 0.313. The molecule has 4 nitrogen and oxygen atoms in total. The molecule has 0 atom stereocenters. The number of carbonyl (C=O) groups is 1. The van der Waals surface area contributed by atoms with E-state index in [1.165, 1.54) is 5.56 Å². The molecule has 1 aromatic rings. The highest BCUT2D eigenvalue weighted by molar-refractivity contribution is 5.53. The van der Waals surface area contributed by atoms with Gasteiger partial charge in [0.15, 0.2) is 0 Å². The summed E-state index contributed by atoms with van der Waals surface area (Å²) in [5, 5.41) is 22.8. The van der Waals surface area contributed by atoms with Crippen molar-refractivity contribution in [1.29, 1.82) is 0 Å². The molecule has 3 N–H and O–H groups in total. The number of allylic oxidation sites excluding steroid dienone is 1. The third-order valence-electron chi connectivity index (χ3n) is 1.32. The average molecular weight is 196 g/mol. The van der Waals surface area contributed by atoms with Crippen molar-refractivity contribution in [3.63, 3.8) is 0 Å². The number of phenols is 1. The fourth-order valence-corrected chi connectivity index (χ4v) is 0.799. The van der Waals surface area contributed by atoms with Crippen molar-refractivity contribution < 1.29 is 20.1 Å². The van der Waals surface area contributed by atoms with Gasteiger partial charge in [-0.15, -0.1) is 6.58 Å². The number of aromatic hydroxyl groups is 1. The van der Waals surface area contributed by atoms with Gasteiger partial charge in [-0.25, -0.2) is 4.79 Å². The van der Waals surface area contributed by atoms with Crippen molar-refractivity contribution in [3.8, 4) is 5.75 Å². The van der Waals surface area contributed by atoms with Crippen LogP contribution in [0.2, 0.25) is 0 Å². The zero-order valence-electron chi connectivity index (χ0n) is 7.55. The monoisotopic (exact) mass is 196 g/mol. The molecule has 0 radical (unpaired) electrons. The van der Waals surface area contributed by atoms with E-state index in [4.69, 9.17) is 20.1 Å². The molecule has 0 saturated heterocycles. The van der Waals surface area contributed by atoms with Crippen molar-refractivity contribution in [2.24, 2.45) is 0 Å². The standard InChI is InChI=1S/C9H10O.CH2O3/c1-2-3-8-4-6-9(10)7-5-8;2-1(3)4/h2,4-7,10H,1,3H2;(H2,2,3,4).